The molecule has 4 heteroatoms. The van der Waals surface area contributed by atoms with Crippen LogP contribution < -0.4 is 0 Å². The van der Waals surface area contributed by atoms with Crippen LogP contribution in [0.3, 0.4) is 0 Å². The first kappa shape index (κ1) is 15.1. The molecule has 2 fully saturated rings. The van der Waals surface area contributed by atoms with Crippen molar-refractivity contribution in [3.8, 4) is 6.07 Å². The number of hydrogen-bond donors (Lipinski definition) is 0. The quantitative estimate of drug-likeness (QED) is 0.633. The van der Waals surface area contributed by atoms with Crippen LogP contribution in [0.5, 0.6) is 0 Å². The van der Waals surface area contributed by atoms with Crippen molar-refractivity contribution in [3.63, 3.8) is 0 Å². The van der Waals surface area contributed by atoms with Gasteiger partial charge >= 0.3 is 5.97 Å². The van der Waals surface area contributed by atoms with Gasteiger partial charge in [-0.3, -0.25) is 9.69 Å². The molecule has 1 aliphatic carbocycles. The fraction of sp³-hybridized carbons (Fsp3) is 0.556. The van der Waals surface area contributed by atoms with E-state index in [9.17, 15) is 4.79 Å². The van der Waals surface area contributed by atoms with Gasteiger partial charge in [-0.1, -0.05) is 29.8 Å². The van der Waals surface area contributed by atoms with Gasteiger partial charge in [0.25, 0.3) is 0 Å². The molecule has 2 aliphatic rings. The third-order valence-electron chi connectivity index (χ3n) is 4.68. The van der Waals surface area contributed by atoms with Gasteiger partial charge in [0.2, 0.25) is 0 Å². The van der Waals surface area contributed by atoms with Crippen molar-refractivity contribution in [1.82, 2.24) is 4.90 Å². The molecule has 22 heavy (non-hydrogen) atoms. The number of carbonyl (C=O) groups is 1. The Morgan fingerprint density at radius 1 is 1.41 bits per heavy atom. The lowest BCUT2D eigenvalue weighted by atomic mass is 10.1. The molecule has 2 atom stereocenters. The number of benzene rings is 1. The van der Waals surface area contributed by atoms with E-state index in [0.29, 0.717) is 12.5 Å². The Kier molecular flexibility index (Phi) is 4.44. The molecule has 0 aromatic heterocycles. The van der Waals surface area contributed by atoms with Crippen LogP contribution in [0.15, 0.2) is 24.3 Å². The van der Waals surface area contributed by atoms with Crippen LogP contribution >= 0.6 is 0 Å². The molecule has 3 rings (SSSR count). The second-order valence-corrected chi connectivity index (χ2v) is 6.43. The zero-order valence-electron chi connectivity index (χ0n) is 13.0. The largest absolute Gasteiger partial charge is 0.462 e. The number of likely N-dealkylation sites (tertiary alicyclic amines) is 1. The topological polar surface area (TPSA) is 53.3 Å². The van der Waals surface area contributed by atoms with Crippen molar-refractivity contribution in [2.75, 3.05) is 19.6 Å². The predicted molar refractivity (Wildman–Crippen MR) is 83.2 cm³/mol. The maximum atomic E-state index is 12.3. The summed E-state index contributed by atoms with van der Waals surface area (Å²) in [5.41, 5.74) is 2.49. The maximum absolute atomic E-state index is 12.3. The average molecular weight is 298 g/mol. The third kappa shape index (κ3) is 3.48. The van der Waals surface area contributed by atoms with E-state index in [1.807, 2.05) is 0 Å². The van der Waals surface area contributed by atoms with Crippen molar-refractivity contribution < 1.29 is 9.53 Å². The Balaban J connectivity index is 1.47. The first-order valence-electron chi connectivity index (χ1n) is 8.03. The number of rotatable bonds is 4. The fourth-order valence-corrected chi connectivity index (χ4v) is 3.26. The minimum absolute atomic E-state index is 0.0289. The van der Waals surface area contributed by atoms with Crippen molar-refractivity contribution in [2.24, 2.45) is 5.92 Å². The fourth-order valence-electron chi connectivity index (χ4n) is 3.26. The summed E-state index contributed by atoms with van der Waals surface area (Å²) in [6, 6.07) is 10.6. The molecule has 1 heterocycles. The lowest BCUT2D eigenvalue weighted by molar-refractivity contribution is -0.152. The summed E-state index contributed by atoms with van der Waals surface area (Å²) < 4.78 is 5.68. The van der Waals surface area contributed by atoms with Gasteiger partial charge in [0.15, 0.2) is 0 Å². The molecular formula is C18H22N2O2. The smallest absolute Gasteiger partial charge is 0.309 e. The number of aryl methyl sites for hydroxylation is 1. The highest BCUT2D eigenvalue weighted by atomic mass is 16.5. The molecule has 1 saturated heterocycles. The van der Waals surface area contributed by atoms with E-state index < -0.39 is 0 Å². The van der Waals surface area contributed by atoms with E-state index in [4.69, 9.17) is 10.00 Å². The van der Waals surface area contributed by atoms with E-state index in [0.717, 1.165) is 32.4 Å². The zero-order valence-corrected chi connectivity index (χ0v) is 13.0. The number of ether oxygens (including phenoxy) is 1. The van der Waals surface area contributed by atoms with Crippen molar-refractivity contribution >= 4 is 5.97 Å². The lowest BCUT2D eigenvalue weighted by Crippen LogP contribution is -2.38. The Morgan fingerprint density at radius 3 is 2.86 bits per heavy atom. The number of hydrogen-bond acceptors (Lipinski definition) is 4. The molecule has 0 N–H and O–H groups in total. The highest BCUT2D eigenvalue weighted by Gasteiger charge is 2.45. The van der Waals surface area contributed by atoms with Gasteiger partial charge in [-0.25, -0.2) is 0 Å². The summed E-state index contributed by atoms with van der Waals surface area (Å²) >= 11 is 0. The average Bonchev–Trinajstić information content (AvgIpc) is 3.30. The third-order valence-corrected chi connectivity index (χ3v) is 4.68. The highest BCUT2D eigenvalue weighted by Crippen LogP contribution is 2.48. The lowest BCUT2D eigenvalue weighted by Gasteiger charge is -2.29. The molecule has 0 radical (unpaired) electrons. The molecule has 4 nitrogen and oxygen atoms in total. The van der Waals surface area contributed by atoms with Gasteiger partial charge in [-0.05, 0) is 37.7 Å². The van der Waals surface area contributed by atoms with E-state index in [-0.39, 0.29) is 18.0 Å². The molecule has 116 valence electrons. The summed E-state index contributed by atoms with van der Waals surface area (Å²) in [5, 5.41) is 8.69. The number of esters is 1. The van der Waals surface area contributed by atoms with Crippen LogP contribution in [0, 0.1) is 24.2 Å². The van der Waals surface area contributed by atoms with E-state index >= 15 is 0 Å². The summed E-state index contributed by atoms with van der Waals surface area (Å²) in [7, 11) is 0. The minimum atomic E-state index is -0.0368. The second kappa shape index (κ2) is 6.50. The van der Waals surface area contributed by atoms with Crippen LogP contribution in [0.1, 0.15) is 36.3 Å². The van der Waals surface area contributed by atoms with Gasteiger partial charge < -0.3 is 4.74 Å². The molecule has 1 aromatic rings. The van der Waals surface area contributed by atoms with Gasteiger partial charge in [0.05, 0.1) is 18.5 Å². The predicted octanol–water partition coefficient (Wildman–Crippen LogP) is 2.63. The summed E-state index contributed by atoms with van der Waals surface area (Å²) in [6.45, 7) is 4.24. The number of nitriles is 1. The molecule has 1 saturated carbocycles. The van der Waals surface area contributed by atoms with Gasteiger partial charge in [0.1, 0.15) is 6.10 Å². The van der Waals surface area contributed by atoms with Crippen LogP contribution in [-0.2, 0) is 9.53 Å². The number of carbonyl (C=O) groups excluding carboxylic acids is 1. The molecule has 0 spiro atoms. The molecule has 1 aliphatic heterocycles. The molecule has 0 unspecified atom stereocenters. The minimum Gasteiger partial charge on any atom is -0.462 e. The van der Waals surface area contributed by atoms with Gasteiger partial charge in [0, 0.05) is 13.1 Å². The van der Waals surface area contributed by atoms with E-state index in [1.54, 1.807) is 0 Å². The summed E-state index contributed by atoms with van der Waals surface area (Å²) in [4.78, 5) is 14.4. The highest BCUT2D eigenvalue weighted by molar-refractivity contribution is 5.77. The maximum Gasteiger partial charge on any atom is 0.309 e. The summed E-state index contributed by atoms with van der Waals surface area (Å²) in [6.07, 6.45) is 2.63. The van der Waals surface area contributed by atoms with Crippen molar-refractivity contribution in [1.29, 1.82) is 5.26 Å². The van der Waals surface area contributed by atoms with Crippen molar-refractivity contribution in [2.45, 2.75) is 38.2 Å². The molecule has 0 bridgehead atoms. The van der Waals surface area contributed by atoms with Crippen molar-refractivity contribution in [3.05, 3.63) is 35.4 Å². The molecule has 0 amide bonds. The SMILES string of the molecule is Cc1cccc([C@@H]2C[C@H]2C(=O)OC2CCN(CC#N)CC2)c1. The zero-order chi connectivity index (χ0) is 15.5. The van der Waals surface area contributed by atoms with Crippen LogP contribution in [0.2, 0.25) is 0 Å². The number of nitrogens with zero attached hydrogens (tertiary/aromatic N) is 2. The monoisotopic (exact) mass is 298 g/mol. The first-order valence-corrected chi connectivity index (χ1v) is 8.03. The Labute approximate surface area is 131 Å². The van der Waals surface area contributed by atoms with Crippen LogP contribution in [0.25, 0.3) is 0 Å². The molecular weight excluding hydrogens is 276 g/mol. The normalized spacial score (nSPS) is 25.5. The number of piperidine rings is 1. The van der Waals surface area contributed by atoms with Gasteiger partial charge in [-0.2, -0.15) is 5.26 Å². The standard InChI is InChI=1S/C18H22N2O2/c1-13-3-2-4-14(11-13)16-12-17(16)18(21)22-15-5-8-20(9-6-15)10-7-19/h2-4,11,15-17H,5-6,8-10,12H2,1H3/t16-,17+/m0/s1. The second-order valence-electron chi connectivity index (χ2n) is 6.43. The van der Waals surface area contributed by atoms with Gasteiger partial charge in [-0.15, -0.1) is 0 Å². The Bertz CT molecular complexity index is 585. The first-order chi connectivity index (χ1) is 10.7. The Morgan fingerprint density at radius 2 is 2.18 bits per heavy atom. The van der Waals surface area contributed by atoms with E-state index in [2.05, 4.69) is 42.2 Å². The van der Waals surface area contributed by atoms with Crippen LogP contribution in [-0.4, -0.2) is 36.6 Å². The Hall–Kier alpha value is -1.86. The van der Waals surface area contributed by atoms with Crippen LogP contribution in [0.4, 0.5) is 0 Å². The van der Waals surface area contributed by atoms with E-state index in [1.165, 1.54) is 11.1 Å². The molecule has 1 aromatic carbocycles. The summed E-state index contributed by atoms with van der Waals surface area (Å²) in [5.74, 6) is 0.343.